The van der Waals surface area contributed by atoms with Crippen molar-refractivity contribution in [1.29, 1.82) is 0 Å². The number of hydrogen-bond donors (Lipinski definition) is 1. The number of aryl methyl sites for hydroxylation is 2. The highest BCUT2D eigenvalue weighted by atomic mass is 35.5. The topological polar surface area (TPSA) is 21.3 Å². The highest BCUT2D eigenvalue weighted by molar-refractivity contribution is 6.31. The van der Waals surface area contributed by atoms with E-state index in [1.165, 1.54) is 5.56 Å². The molecule has 112 valence electrons. The molecule has 2 nitrogen and oxygen atoms in total. The van der Waals surface area contributed by atoms with E-state index in [0.29, 0.717) is 0 Å². The lowest BCUT2D eigenvalue weighted by Gasteiger charge is -2.13. The Kier molecular flexibility index (Phi) is 5.27. The standard InChI is InChI=1S/C18H22ClNO/c1-5-20-11-15-7-6-14(10-17(15)19)16-8-12(2)18(21-4)13(3)9-16/h6-10,20H,5,11H2,1-4H3. The first-order chi connectivity index (χ1) is 10.1. The molecule has 0 aliphatic carbocycles. The number of ether oxygens (including phenoxy) is 1. The van der Waals surface area contributed by atoms with Crippen molar-refractivity contribution in [1.82, 2.24) is 5.32 Å². The molecule has 0 fully saturated rings. The normalized spacial score (nSPS) is 10.7. The lowest BCUT2D eigenvalue weighted by molar-refractivity contribution is 0.408. The van der Waals surface area contributed by atoms with E-state index in [4.69, 9.17) is 16.3 Å². The predicted octanol–water partition coefficient (Wildman–Crippen LogP) is 4.74. The van der Waals surface area contributed by atoms with Crippen LogP contribution in [0.1, 0.15) is 23.6 Å². The maximum absolute atomic E-state index is 6.39. The van der Waals surface area contributed by atoms with Gasteiger partial charge in [0.05, 0.1) is 7.11 Å². The second-order valence-electron chi connectivity index (χ2n) is 5.23. The van der Waals surface area contributed by atoms with Crippen LogP contribution in [0.2, 0.25) is 5.02 Å². The van der Waals surface area contributed by atoms with E-state index < -0.39 is 0 Å². The van der Waals surface area contributed by atoms with Crippen LogP contribution in [0.3, 0.4) is 0 Å². The third-order valence-corrected chi connectivity index (χ3v) is 3.97. The Morgan fingerprint density at radius 1 is 1.05 bits per heavy atom. The van der Waals surface area contributed by atoms with Crippen LogP contribution in [0.25, 0.3) is 11.1 Å². The monoisotopic (exact) mass is 303 g/mol. The number of methoxy groups -OCH3 is 1. The number of hydrogen-bond acceptors (Lipinski definition) is 2. The summed E-state index contributed by atoms with van der Waals surface area (Å²) < 4.78 is 5.42. The Balaban J connectivity index is 2.36. The van der Waals surface area contributed by atoms with Crippen molar-refractivity contribution in [3.05, 3.63) is 52.0 Å². The minimum Gasteiger partial charge on any atom is -0.496 e. The molecule has 0 aliphatic heterocycles. The van der Waals surface area contributed by atoms with Crippen LogP contribution >= 0.6 is 11.6 Å². The molecule has 2 rings (SSSR count). The van der Waals surface area contributed by atoms with Crippen molar-refractivity contribution in [3.63, 3.8) is 0 Å². The molecule has 1 N–H and O–H groups in total. The lowest BCUT2D eigenvalue weighted by atomic mass is 9.99. The largest absolute Gasteiger partial charge is 0.496 e. The van der Waals surface area contributed by atoms with Gasteiger partial charge in [0, 0.05) is 11.6 Å². The quantitative estimate of drug-likeness (QED) is 0.861. The van der Waals surface area contributed by atoms with E-state index in [0.717, 1.165) is 46.1 Å². The minimum absolute atomic E-state index is 0.802. The van der Waals surface area contributed by atoms with Gasteiger partial charge in [0.25, 0.3) is 0 Å². The zero-order valence-corrected chi connectivity index (χ0v) is 13.8. The molecule has 0 spiro atoms. The smallest absolute Gasteiger partial charge is 0.124 e. The molecular formula is C18H22ClNO. The van der Waals surface area contributed by atoms with Gasteiger partial charge in [-0.1, -0.05) is 30.7 Å². The maximum atomic E-state index is 6.39. The highest BCUT2D eigenvalue weighted by Gasteiger charge is 2.08. The molecule has 0 saturated heterocycles. The van der Waals surface area contributed by atoms with E-state index in [9.17, 15) is 0 Å². The average Bonchev–Trinajstić information content (AvgIpc) is 2.45. The summed E-state index contributed by atoms with van der Waals surface area (Å²) in [5.74, 6) is 0.952. The first kappa shape index (κ1) is 15.9. The molecule has 21 heavy (non-hydrogen) atoms. The van der Waals surface area contributed by atoms with E-state index in [1.54, 1.807) is 7.11 Å². The third kappa shape index (κ3) is 3.58. The van der Waals surface area contributed by atoms with Gasteiger partial charge in [0.1, 0.15) is 5.75 Å². The summed E-state index contributed by atoms with van der Waals surface area (Å²) in [5, 5.41) is 4.10. The number of halogens is 1. The summed E-state index contributed by atoms with van der Waals surface area (Å²) in [6.45, 7) is 7.96. The molecule has 0 amide bonds. The van der Waals surface area contributed by atoms with Crippen LogP contribution in [0.15, 0.2) is 30.3 Å². The molecule has 0 heterocycles. The van der Waals surface area contributed by atoms with Crippen molar-refractivity contribution in [2.24, 2.45) is 0 Å². The van der Waals surface area contributed by atoms with Crippen molar-refractivity contribution in [3.8, 4) is 16.9 Å². The van der Waals surface area contributed by atoms with Gasteiger partial charge < -0.3 is 10.1 Å². The lowest BCUT2D eigenvalue weighted by Crippen LogP contribution is -2.11. The van der Waals surface area contributed by atoms with Crippen molar-refractivity contribution in [2.75, 3.05) is 13.7 Å². The molecule has 0 aromatic heterocycles. The van der Waals surface area contributed by atoms with Crippen LogP contribution in [-0.4, -0.2) is 13.7 Å². The van der Waals surface area contributed by atoms with E-state index in [1.807, 2.05) is 6.07 Å². The average molecular weight is 304 g/mol. The fourth-order valence-electron chi connectivity index (χ4n) is 2.57. The van der Waals surface area contributed by atoms with Crippen LogP contribution < -0.4 is 10.1 Å². The van der Waals surface area contributed by atoms with E-state index in [2.05, 4.69) is 50.4 Å². The van der Waals surface area contributed by atoms with Crippen LogP contribution in [0, 0.1) is 13.8 Å². The molecule has 2 aromatic carbocycles. The molecule has 0 bridgehead atoms. The van der Waals surface area contributed by atoms with Gasteiger partial charge in [0.2, 0.25) is 0 Å². The fraction of sp³-hybridized carbons (Fsp3) is 0.333. The van der Waals surface area contributed by atoms with Crippen LogP contribution in [0.5, 0.6) is 5.75 Å². The summed E-state index contributed by atoms with van der Waals surface area (Å²) in [5.41, 5.74) is 5.71. The first-order valence-electron chi connectivity index (χ1n) is 7.21. The predicted molar refractivity (Wildman–Crippen MR) is 90.3 cm³/mol. The van der Waals surface area contributed by atoms with Gasteiger partial charge >= 0.3 is 0 Å². The molecule has 0 saturated carbocycles. The molecule has 0 aliphatic rings. The highest BCUT2D eigenvalue weighted by Crippen LogP contribution is 2.31. The van der Waals surface area contributed by atoms with Crippen molar-refractivity contribution >= 4 is 11.6 Å². The third-order valence-electron chi connectivity index (χ3n) is 3.62. The van der Waals surface area contributed by atoms with E-state index in [-0.39, 0.29) is 0 Å². The van der Waals surface area contributed by atoms with Gasteiger partial charge in [-0.25, -0.2) is 0 Å². The molecule has 0 radical (unpaired) electrons. The number of benzene rings is 2. The summed E-state index contributed by atoms with van der Waals surface area (Å²) >= 11 is 6.39. The van der Waals surface area contributed by atoms with Crippen molar-refractivity contribution in [2.45, 2.75) is 27.3 Å². The molecule has 3 heteroatoms. The van der Waals surface area contributed by atoms with E-state index >= 15 is 0 Å². The van der Waals surface area contributed by atoms with Gasteiger partial charge in [-0.05, 0) is 66.4 Å². The minimum atomic E-state index is 0.802. The Morgan fingerprint density at radius 3 is 2.24 bits per heavy atom. The zero-order chi connectivity index (χ0) is 15.4. The molecule has 2 aromatic rings. The van der Waals surface area contributed by atoms with Gasteiger partial charge in [-0.15, -0.1) is 0 Å². The maximum Gasteiger partial charge on any atom is 0.124 e. The number of nitrogens with one attached hydrogen (secondary N) is 1. The van der Waals surface area contributed by atoms with Crippen LogP contribution in [0.4, 0.5) is 0 Å². The molecule has 0 atom stereocenters. The van der Waals surface area contributed by atoms with Gasteiger partial charge in [-0.3, -0.25) is 0 Å². The first-order valence-corrected chi connectivity index (χ1v) is 7.59. The Bertz CT molecular complexity index is 614. The Hall–Kier alpha value is -1.51. The Labute approximate surface area is 132 Å². The van der Waals surface area contributed by atoms with Gasteiger partial charge in [-0.2, -0.15) is 0 Å². The summed E-state index contributed by atoms with van der Waals surface area (Å²) in [7, 11) is 1.71. The fourth-order valence-corrected chi connectivity index (χ4v) is 2.82. The number of rotatable bonds is 5. The zero-order valence-electron chi connectivity index (χ0n) is 13.1. The van der Waals surface area contributed by atoms with Crippen molar-refractivity contribution < 1.29 is 4.74 Å². The SMILES string of the molecule is CCNCc1ccc(-c2cc(C)c(OC)c(C)c2)cc1Cl. The summed E-state index contributed by atoms with van der Waals surface area (Å²) in [6, 6.07) is 10.5. The Morgan fingerprint density at radius 2 is 1.71 bits per heavy atom. The van der Waals surface area contributed by atoms with Crippen LogP contribution in [-0.2, 0) is 6.54 Å². The summed E-state index contributed by atoms with van der Waals surface area (Å²) in [4.78, 5) is 0. The molecular weight excluding hydrogens is 282 g/mol. The second-order valence-corrected chi connectivity index (χ2v) is 5.64. The summed E-state index contributed by atoms with van der Waals surface area (Å²) in [6.07, 6.45) is 0. The van der Waals surface area contributed by atoms with Gasteiger partial charge in [0.15, 0.2) is 0 Å². The second kappa shape index (κ2) is 6.97. The molecule has 0 unspecified atom stereocenters.